The van der Waals surface area contributed by atoms with E-state index < -0.39 is 10.0 Å². The van der Waals surface area contributed by atoms with Crippen molar-refractivity contribution in [3.05, 3.63) is 47.0 Å². The summed E-state index contributed by atoms with van der Waals surface area (Å²) in [6, 6.07) is 7.00. The van der Waals surface area contributed by atoms with E-state index in [1.165, 1.54) is 18.5 Å². The average Bonchev–Trinajstić information content (AvgIpc) is 2.83. The summed E-state index contributed by atoms with van der Waals surface area (Å²) in [6.07, 6.45) is 4.37. The van der Waals surface area contributed by atoms with Gasteiger partial charge in [0, 0.05) is 12.7 Å². The Morgan fingerprint density at radius 3 is 2.68 bits per heavy atom. The quantitative estimate of drug-likeness (QED) is 0.938. The standard InChI is InChI=1S/C16H21N3O2S/c1-12-7-3-6-10-15(12)22(20,21)17-11-16-18-13-8-4-5-9-14(13)19(16)2/h3,6-7,10,17H,4-5,8-9,11H2,1-2H3. The molecule has 3 rings (SSSR count). The SMILES string of the molecule is Cc1ccccc1S(=O)(=O)NCc1nc2c(n1C)CCCC2. The van der Waals surface area contributed by atoms with Crippen LogP contribution in [0, 0.1) is 6.92 Å². The third kappa shape index (κ3) is 2.80. The molecule has 1 aliphatic carbocycles. The van der Waals surface area contributed by atoms with Crippen LogP contribution in [-0.4, -0.2) is 18.0 Å². The van der Waals surface area contributed by atoms with E-state index in [0.29, 0.717) is 4.90 Å². The highest BCUT2D eigenvalue weighted by Crippen LogP contribution is 2.21. The zero-order valence-corrected chi connectivity index (χ0v) is 13.8. The molecule has 0 fully saturated rings. The van der Waals surface area contributed by atoms with Gasteiger partial charge in [0.25, 0.3) is 0 Å². The summed E-state index contributed by atoms with van der Waals surface area (Å²) in [4.78, 5) is 4.93. The van der Waals surface area contributed by atoms with Crippen LogP contribution in [0.15, 0.2) is 29.2 Å². The number of hydrogen-bond donors (Lipinski definition) is 1. The maximum atomic E-state index is 12.4. The second-order valence-corrected chi connectivity index (χ2v) is 7.51. The van der Waals surface area contributed by atoms with Gasteiger partial charge < -0.3 is 4.57 Å². The van der Waals surface area contributed by atoms with E-state index in [9.17, 15) is 8.42 Å². The van der Waals surface area contributed by atoms with Gasteiger partial charge in [-0.2, -0.15) is 0 Å². The molecule has 0 saturated carbocycles. The highest BCUT2D eigenvalue weighted by Gasteiger charge is 2.20. The van der Waals surface area contributed by atoms with Crippen molar-refractivity contribution >= 4 is 10.0 Å². The Labute approximate surface area is 131 Å². The Morgan fingerprint density at radius 2 is 1.95 bits per heavy atom. The van der Waals surface area contributed by atoms with Crippen molar-refractivity contribution in [3.8, 4) is 0 Å². The first-order valence-corrected chi connectivity index (χ1v) is 9.06. The summed E-state index contributed by atoms with van der Waals surface area (Å²) in [5.41, 5.74) is 3.12. The van der Waals surface area contributed by atoms with Gasteiger partial charge in [0.1, 0.15) is 5.82 Å². The van der Waals surface area contributed by atoms with Crippen LogP contribution in [0.4, 0.5) is 0 Å². The normalized spacial score (nSPS) is 14.8. The molecule has 2 aromatic rings. The van der Waals surface area contributed by atoms with Gasteiger partial charge in [0.2, 0.25) is 10.0 Å². The van der Waals surface area contributed by atoms with E-state index in [2.05, 4.69) is 9.71 Å². The maximum Gasteiger partial charge on any atom is 0.241 e. The molecular weight excluding hydrogens is 298 g/mol. The number of imidazole rings is 1. The molecule has 0 spiro atoms. The molecule has 118 valence electrons. The molecule has 0 unspecified atom stereocenters. The topological polar surface area (TPSA) is 64.0 Å². The fourth-order valence-corrected chi connectivity index (χ4v) is 4.22. The monoisotopic (exact) mass is 319 g/mol. The van der Waals surface area contributed by atoms with Gasteiger partial charge in [0.05, 0.1) is 17.1 Å². The lowest BCUT2D eigenvalue weighted by Crippen LogP contribution is -2.25. The van der Waals surface area contributed by atoms with Crippen molar-refractivity contribution in [1.29, 1.82) is 0 Å². The second-order valence-electron chi connectivity index (χ2n) is 5.78. The molecule has 0 atom stereocenters. The number of benzene rings is 1. The Hall–Kier alpha value is -1.66. The lowest BCUT2D eigenvalue weighted by molar-refractivity contribution is 0.576. The molecule has 5 nitrogen and oxygen atoms in total. The predicted molar refractivity (Wildman–Crippen MR) is 85.1 cm³/mol. The number of aromatic nitrogens is 2. The Balaban J connectivity index is 1.81. The molecule has 0 bridgehead atoms. The Kier molecular flexibility index (Phi) is 4.06. The van der Waals surface area contributed by atoms with Crippen molar-refractivity contribution in [2.75, 3.05) is 0 Å². The van der Waals surface area contributed by atoms with Gasteiger partial charge in [-0.3, -0.25) is 0 Å². The number of fused-ring (bicyclic) bond motifs is 1. The van der Waals surface area contributed by atoms with Crippen molar-refractivity contribution in [1.82, 2.24) is 14.3 Å². The van der Waals surface area contributed by atoms with Crippen molar-refractivity contribution in [2.45, 2.75) is 44.0 Å². The number of hydrogen-bond acceptors (Lipinski definition) is 3. The lowest BCUT2D eigenvalue weighted by Gasteiger charge is -2.12. The number of sulfonamides is 1. The minimum atomic E-state index is -3.51. The molecule has 0 aliphatic heterocycles. The van der Waals surface area contributed by atoms with Gasteiger partial charge in [-0.05, 0) is 44.2 Å². The third-order valence-corrected chi connectivity index (χ3v) is 5.83. The predicted octanol–water partition coefficient (Wildman–Crippen LogP) is 2.09. The van der Waals surface area contributed by atoms with Crippen LogP contribution in [0.25, 0.3) is 0 Å². The summed E-state index contributed by atoms with van der Waals surface area (Å²) in [6.45, 7) is 2.02. The van der Waals surface area contributed by atoms with Gasteiger partial charge in [-0.15, -0.1) is 0 Å². The first-order valence-electron chi connectivity index (χ1n) is 7.57. The third-order valence-electron chi connectivity index (χ3n) is 4.27. The van der Waals surface area contributed by atoms with E-state index in [1.807, 2.05) is 17.7 Å². The molecule has 1 aromatic carbocycles. The van der Waals surface area contributed by atoms with Crippen LogP contribution in [0.1, 0.15) is 35.6 Å². The summed E-state index contributed by atoms with van der Waals surface area (Å²) >= 11 is 0. The molecule has 0 saturated heterocycles. The van der Waals surface area contributed by atoms with E-state index >= 15 is 0 Å². The number of rotatable bonds is 4. The van der Waals surface area contributed by atoms with Crippen LogP contribution in [0.5, 0.6) is 0 Å². The van der Waals surface area contributed by atoms with E-state index in [4.69, 9.17) is 0 Å². The van der Waals surface area contributed by atoms with Gasteiger partial charge in [-0.1, -0.05) is 18.2 Å². The van der Waals surface area contributed by atoms with Gasteiger partial charge >= 0.3 is 0 Å². The van der Waals surface area contributed by atoms with Crippen molar-refractivity contribution < 1.29 is 8.42 Å². The second kappa shape index (κ2) is 5.85. The maximum absolute atomic E-state index is 12.4. The van der Waals surface area contributed by atoms with Crippen molar-refractivity contribution in [3.63, 3.8) is 0 Å². The number of nitrogens with zero attached hydrogens (tertiary/aromatic N) is 2. The summed E-state index contributed by atoms with van der Waals surface area (Å²) < 4.78 is 29.6. The van der Waals surface area contributed by atoms with Gasteiger partial charge in [-0.25, -0.2) is 18.1 Å². The minimum Gasteiger partial charge on any atom is -0.334 e. The van der Waals surface area contributed by atoms with Crippen molar-refractivity contribution in [2.24, 2.45) is 7.05 Å². The Bertz CT molecular complexity index is 794. The van der Waals surface area contributed by atoms with Crippen LogP contribution >= 0.6 is 0 Å². The number of aryl methyl sites for hydroxylation is 2. The zero-order chi connectivity index (χ0) is 15.7. The molecule has 1 aliphatic rings. The van der Waals surface area contributed by atoms with Crippen LogP contribution in [0.3, 0.4) is 0 Å². The summed E-state index contributed by atoms with van der Waals surface area (Å²) in [7, 11) is -1.54. The zero-order valence-electron chi connectivity index (χ0n) is 13.0. The lowest BCUT2D eigenvalue weighted by atomic mass is 10.0. The van der Waals surface area contributed by atoms with E-state index in [-0.39, 0.29) is 6.54 Å². The van der Waals surface area contributed by atoms with Gasteiger partial charge in [0.15, 0.2) is 0 Å². The number of nitrogens with one attached hydrogen (secondary N) is 1. The summed E-state index contributed by atoms with van der Waals surface area (Å²) in [5, 5.41) is 0. The fourth-order valence-electron chi connectivity index (χ4n) is 3.00. The molecule has 1 heterocycles. The first-order chi connectivity index (χ1) is 10.5. The smallest absolute Gasteiger partial charge is 0.241 e. The molecule has 6 heteroatoms. The largest absolute Gasteiger partial charge is 0.334 e. The Morgan fingerprint density at radius 1 is 1.23 bits per heavy atom. The molecule has 0 radical (unpaired) electrons. The van der Waals surface area contributed by atoms with Crippen LogP contribution in [0.2, 0.25) is 0 Å². The average molecular weight is 319 g/mol. The van der Waals surface area contributed by atoms with Crippen LogP contribution in [-0.2, 0) is 36.5 Å². The van der Waals surface area contributed by atoms with E-state index in [1.54, 1.807) is 25.1 Å². The molecular formula is C16H21N3O2S. The highest BCUT2D eigenvalue weighted by molar-refractivity contribution is 7.89. The summed E-state index contributed by atoms with van der Waals surface area (Å²) in [5.74, 6) is 0.782. The van der Waals surface area contributed by atoms with Crippen LogP contribution < -0.4 is 4.72 Å². The minimum absolute atomic E-state index is 0.222. The molecule has 22 heavy (non-hydrogen) atoms. The highest BCUT2D eigenvalue weighted by atomic mass is 32.2. The molecule has 1 aromatic heterocycles. The molecule has 0 amide bonds. The van der Waals surface area contributed by atoms with E-state index in [0.717, 1.165) is 29.9 Å². The first kappa shape index (κ1) is 15.2. The molecule has 1 N–H and O–H groups in total. The fraction of sp³-hybridized carbons (Fsp3) is 0.438.